The molecule has 5 nitrogen and oxygen atoms in total. The van der Waals surface area contributed by atoms with Crippen LogP contribution in [0.2, 0.25) is 0 Å². The van der Waals surface area contributed by atoms with E-state index < -0.39 is 0 Å². The van der Waals surface area contributed by atoms with E-state index in [1.807, 2.05) is 56.3 Å². The van der Waals surface area contributed by atoms with Crippen LogP contribution in [-0.4, -0.2) is 25.9 Å². The monoisotopic (exact) mass is 404 g/mol. The Hall–Kier alpha value is -3.60. The number of phenolic OH excluding ortho intramolecular Hbond substituents is 1. The first-order valence-electron chi connectivity index (χ1n) is 9.69. The Morgan fingerprint density at radius 2 is 1.77 bits per heavy atom. The fourth-order valence-electron chi connectivity index (χ4n) is 3.52. The predicted molar refractivity (Wildman–Crippen MR) is 119 cm³/mol. The zero-order chi connectivity index (χ0) is 21.3. The Balaban J connectivity index is 1.96. The van der Waals surface area contributed by atoms with Gasteiger partial charge < -0.3 is 23.7 Å². The van der Waals surface area contributed by atoms with Gasteiger partial charge in [-0.25, -0.2) is 0 Å². The highest BCUT2D eigenvalue weighted by Crippen LogP contribution is 2.48. The number of fused-ring (bicyclic) bond motifs is 3. The lowest BCUT2D eigenvalue weighted by Gasteiger charge is -2.12. The molecule has 154 valence electrons. The first-order chi connectivity index (χ1) is 14.5. The minimum atomic E-state index is 0.0185. The van der Waals surface area contributed by atoms with Gasteiger partial charge in [0.05, 0.1) is 19.6 Å². The molecular weight excluding hydrogens is 380 g/mol. The number of hydrogen-bond acceptors (Lipinski definition) is 5. The summed E-state index contributed by atoms with van der Waals surface area (Å²) in [5.41, 5.74) is 4.09. The van der Waals surface area contributed by atoms with Crippen molar-refractivity contribution in [2.75, 3.05) is 20.8 Å². The van der Waals surface area contributed by atoms with Crippen molar-refractivity contribution >= 4 is 21.9 Å². The maximum atomic E-state index is 10.4. The van der Waals surface area contributed by atoms with Crippen LogP contribution >= 0.6 is 0 Å². The van der Waals surface area contributed by atoms with Gasteiger partial charge in [0.2, 0.25) is 0 Å². The molecule has 0 unspecified atom stereocenters. The van der Waals surface area contributed by atoms with Crippen LogP contribution in [0.25, 0.3) is 33.1 Å². The number of benzene rings is 3. The molecule has 0 aliphatic heterocycles. The Labute approximate surface area is 175 Å². The molecular formula is C25H24O5. The van der Waals surface area contributed by atoms with Gasteiger partial charge in [0.1, 0.15) is 17.9 Å². The third-order valence-electron chi connectivity index (χ3n) is 4.98. The molecule has 0 aliphatic rings. The van der Waals surface area contributed by atoms with E-state index in [9.17, 15) is 5.11 Å². The molecule has 0 saturated heterocycles. The van der Waals surface area contributed by atoms with Gasteiger partial charge >= 0.3 is 0 Å². The molecule has 0 amide bonds. The van der Waals surface area contributed by atoms with Crippen LogP contribution in [0.3, 0.4) is 0 Å². The van der Waals surface area contributed by atoms with Crippen molar-refractivity contribution in [3.8, 4) is 34.1 Å². The molecule has 0 radical (unpaired) electrons. The summed E-state index contributed by atoms with van der Waals surface area (Å²) in [5, 5.41) is 12.0. The second-order valence-electron chi connectivity index (χ2n) is 7.24. The van der Waals surface area contributed by atoms with Gasteiger partial charge in [0.25, 0.3) is 0 Å². The van der Waals surface area contributed by atoms with Crippen LogP contribution in [-0.2, 0) is 0 Å². The molecule has 0 bridgehead atoms. The zero-order valence-electron chi connectivity index (χ0n) is 17.5. The van der Waals surface area contributed by atoms with Crippen molar-refractivity contribution in [3.05, 3.63) is 60.2 Å². The number of allylic oxidation sites excluding steroid dienone is 1. The number of methoxy groups -OCH3 is 2. The third kappa shape index (κ3) is 3.43. The van der Waals surface area contributed by atoms with Gasteiger partial charge in [-0.3, -0.25) is 0 Å². The molecule has 4 rings (SSSR count). The van der Waals surface area contributed by atoms with Crippen LogP contribution in [0.4, 0.5) is 0 Å². The number of rotatable bonds is 6. The van der Waals surface area contributed by atoms with E-state index in [2.05, 4.69) is 0 Å². The summed E-state index contributed by atoms with van der Waals surface area (Å²) in [6.07, 6.45) is 1.95. The molecule has 0 saturated carbocycles. The molecule has 0 atom stereocenters. The average Bonchev–Trinajstić information content (AvgIpc) is 3.11. The van der Waals surface area contributed by atoms with E-state index in [0.717, 1.165) is 27.5 Å². The highest BCUT2D eigenvalue weighted by atomic mass is 16.5. The van der Waals surface area contributed by atoms with Gasteiger partial charge in [-0.15, -0.1) is 0 Å². The van der Waals surface area contributed by atoms with Gasteiger partial charge in [0.15, 0.2) is 22.8 Å². The van der Waals surface area contributed by atoms with Crippen molar-refractivity contribution < 1.29 is 23.7 Å². The molecule has 0 fully saturated rings. The number of furan rings is 1. The summed E-state index contributed by atoms with van der Waals surface area (Å²) >= 11 is 0. The fourth-order valence-corrected chi connectivity index (χ4v) is 3.52. The number of hydrogen-bond donors (Lipinski definition) is 1. The van der Waals surface area contributed by atoms with E-state index >= 15 is 0 Å². The number of phenols is 1. The summed E-state index contributed by atoms with van der Waals surface area (Å²) in [4.78, 5) is 0. The van der Waals surface area contributed by atoms with E-state index in [0.29, 0.717) is 35.0 Å². The molecule has 3 aromatic carbocycles. The van der Waals surface area contributed by atoms with Crippen LogP contribution in [0.5, 0.6) is 23.0 Å². The smallest absolute Gasteiger partial charge is 0.181 e. The van der Waals surface area contributed by atoms with E-state index in [-0.39, 0.29) is 5.75 Å². The second kappa shape index (κ2) is 8.03. The lowest BCUT2D eigenvalue weighted by atomic mass is 10.0. The van der Waals surface area contributed by atoms with Crippen LogP contribution < -0.4 is 14.2 Å². The summed E-state index contributed by atoms with van der Waals surface area (Å²) in [6, 6.07) is 15.2. The Bertz CT molecular complexity index is 1230. The lowest BCUT2D eigenvalue weighted by Crippen LogP contribution is -1.94. The molecule has 1 aromatic heterocycles. The van der Waals surface area contributed by atoms with Gasteiger partial charge in [-0.05, 0) is 37.6 Å². The van der Waals surface area contributed by atoms with E-state index in [1.165, 1.54) is 0 Å². The first-order valence-corrected chi connectivity index (χ1v) is 9.69. The SMILES string of the molecule is COc1c(-c2ccccc2)cc(OC)c2c1oc1cc(O)c(OCC=C(C)C)cc12. The summed E-state index contributed by atoms with van der Waals surface area (Å²) in [5.74, 6) is 1.67. The van der Waals surface area contributed by atoms with Crippen molar-refractivity contribution in [1.29, 1.82) is 0 Å². The highest BCUT2D eigenvalue weighted by Gasteiger charge is 2.22. The van der Waals surface area contributed by atoms with Gasteiger partial charge in [0, 0.05) is 17.0 Å². The highest BCUT2D eigenvalue weighted by molar-refractivity contribution is 6.13. The average molecular weight is 404 g/mol. The van der Waals surface area contributed by atoms with E-state index in [1.54, 1.807) is 26.4 Å². The standard InChI is InChI=1S/C25H24O5/c1-15(2)10-11-29-21-13-18-20(14-19(21)26)30-25-23(18)22(27-3)12-17(24(25)28-4)16-8-6-5-7-9-16/h5-10,12-14,26H,11H2,1-4H3. The largest absolute Gasteiger partial charge is 0.504 e. The number of ether oxygens (including phenoxy) is 3. The van der Waals surface area contributed by atoms with Crippen molar-refractivity contribution in [1.82, 2.24) is 0 Å². The zero-order valence-corrected chi connectivity index (χ0v) is 17.5. The molecule has 30 heavy (non-hydrogen) atoms. The fraction of sp³-hybridized carbons (Fsp3) is 0.200. The minimum Gasteiger partial charge on any atom is -0.504 e. The molecule has 4 aromatic rings. The lowest BCUT2D eigenvalue weighted by molar-refractivity contribution is 0.336. The summed E-state index contributed by atoms with van der Waals surface area (Å²) < 4.78 is 23.3. The van der Waals surface area contributed by atoms with E-state index in [4.69, 9.17) is 18.6 Å². The van der Waals surface area contributed by atoms with Gasteiger partial charge in [-0.1, -0.05) is 35.9 Å². The first kappa shape index (κ1) is 19.7. The van der Waals surface area contributed by atoms with Gasteiger partial charge in [-0.2, -0.15) is 0 Å². The molecule has 5 heteroatoms. The Kier molecular flexibility index (Phi) is 5.27. The summed E-state index contributed by atoms with van der Waals surface area (Å²) in [7, 11) is 3.24. The maximum absolute atomic E-state index is 10.4. The predicted octanol–water partition coefficient (Wildman–Crippen LogP) is 6.32. The normalized spacial score (nSPS) is 10.9. The molecule has 0 spiro atoms. The quantitative estimate of drug-likeness (QED) is 0.381. The topological polar surface area (TPSA) is 61.1 Å². The Morgan fingerprint density at radius 3 is 2.43 bits per heavy atom. The maximum Gasteiger partial charge on any atom is 0.181 e. The second-order valence-corrected chi connectivity index (χ2v) is 7.24. The number of aromatic hydroxyl groups is 1. The van der Waals surface area contributed by atoms with Crippen LogP contribution in [0.1, 0.15) is 13.8 Å². The van der Waals surface area contributed by atoms with Crippen molar-refractivity contribution in [3.63, 3.8) is 0 Å². The van der Waals surface area contributed by atoms with Crippen LogP contribution in [0, 0.1) is 0 Å². The molecule has 1 heterocycles. The Morgan fingerprint density at radius 1 is 1.00 bits per heavy atom. The minimum absolute atomic E-state index is 0.0185. The van der Waals surface area contributed by atoms with Crippen molar-refractivity contribution in [2.45, 2.75) is 13.8 Å². The molecule has 1 N–H and O–H groups in total. The molecule has 0 aliphatic carbocycles. The van der Waals surface area contributed by atoms with Crippen molar-refractivity contribution in [2.24, 2.45) is 0 Å². The summed E-state index contributed by atoms with van der Waals surface area (Å²) in [6.45, 7) is 4.37. The van der Waals surface area contributed by atoms with Crippen LogP contribution in [0.15, 0.2) is 64.6 Å². The third-order valence-corrected chi connectivity index (χ3v) is 4.98.